The van der Waals surface area contributed by atoms with Gasteiger partial charge < -0.3 is 14.6 Å². The summed E-state index contributed by atoms with van der Waals surface area (Å²) in [5.74, 6) is -1.18. The SMILES string of the molecule is Cc1ccc(C(=O)N2C3CCC2C(C(=O)O)C3)n1C. The molecule has 1 N–H and O–H groups in total. The largest absolute Gasteiger partial charge is 0.481 e. The van der Waals surface area contributed by atoms with E-state index in [1.54, 1.807) is 0 Å². The summed E-state index contributed by atoms with van der Waals surface area (Å²) in [7, 11) is 1.87. The van der Waals surface area contributed by atoms with Gasteiger partial charge in [-0.3, -0.25) is 9.59 Å². The summed E-state index contributed by atoms with van der Waals surface area (Å²) in [6, 6.07) is 3.73. The molecule has 1 aromatic heterocycles. The second-order valence-corrected chi connectivity index (χ2v) is 5.61. The van der Waals surface area contributed by atoms with Gasteiger partial charge >= 0.3 is 5.97 Å². The summed E-state index contributed by atoms with van der Waals surface area (Å²) in [4.78, 5) is 25.7. The lowest BCUT2D eigenvalue weighted by molar-refractivity contribution is -0.142. The summed E-state index contributed by atoms with van der Waals surface area (Å²) in [6.45, 7) is 1.95. The number of fused-ring (bicyclic) bond motifs is 2. The lowest BCUT2D eigenvalue weighted by Gasteiger charge is -2.23. The maximum absolute atomic E-state index is 12.6. The fourth-order valence-corrected chi connectivity index (χ4v) is 3.53. The number of rotatable bonds is 2. The van der Waals surface area contributed by atoms with Crippen LogP contribution in [0.1, 0.15) is 35.4 Å². The van der Waals surface area contributed by atoms with E-state index in [4.69, 9.17) is 0 Å². The molecule has 2 aliphatic rings. The van der Waals surface area contributed by atoms with Crippen molar-refractivity contribution < 1.29 is 14.7 Å². The van der Waals surface area contributed by atoms with Gasteiger partial charge in [0, 0.05) is 24.8 Å². The third kappa shape index (κ3) is 1.68. The molecule has 0 radical (unpaired) electrons. The van der Waals surface area contributed by atoms with Crippen LogP contribution in [0, 0.1) is 12.8 Å². The Hall–Kier alpha value is -1.78. The smallest absolute Gasteiger partial charge is 0.308 e. The standard InChI is InChI=1S/C14H18N2O3/c1-8-3-5-12(15(8)2)13(17)16-9-4-6-11(16)10(7-9)14(18)19/h3,5,9-11H,4,6-7H2,1-2H3,(H,18,19). The minimum atomic E-state index is -0.770. The van der Waals surface area contributed by atoms with Gasteiger partial charge in [0.05, 0.1) is 5.92 Å². The second kappa shape index (κ2) is 4.11. The topological polar surface area (TPSA) is 62.5 Å². The molecule has 3 atom stereocenters. The average molecular weight is 262 g/mol. The highest BCUT2D eigenvalue weighted by atomic mass is 16.4. The van der Waals surface area contributed by atoms with E-state index in [-0.39, 0.29) is 23.9 Å². The molecule has 2 fully saturated rings. The highest BCUT2D eigenvalue weighted by Crippen LogP contribution is 2.42. The molecule has 2 bridgehead atoms. The fraction of sp³-hybridized carbons (Fsp3) is 0.571. The van der Waals surface area contributed by atoms with Crippen molar-refractivity contribution in [3.05, 3.63) is 23.5 Å². The monoisotopic (exact) mass is 262 g/mol. The first-order valence-corrected chi connectivity index (χ1v) is 6.68. The second-order valence-electron chi connectivity index (χ2n) is 5.61. The highest BCUT2D eigenvalue weighted by molar-refractivity contribution is 5.94. The fourth-order valence-electron chi connectivity index (χ4n) is 3.53. The molecule has 0 spiro atoms. The van der Waals surface area contributed by atoms with Gasteiger partial charge in [-0.25, -0.2) is 0 Å². The van der Waals surface area contributed by atoms with Gasteiger partial charge in [-0.05, 0) is 38.3 Å². The third-order valence-corrected chi connectivity index (χ3v) is 4.68. The van der Waals surface area contributed by atoms with Crippen molar-refractivity contribution in [2.24, 2.45) is 13.0 Å². The number of nitrogens with zero attached hydrogens (tertiary/aromatic N) is 2. The number of aromatic nitrogens is 1. The van der Waals surface area contributed by atoms with Crippen LogP contribution in [0.5, 0.6) is 0 Å². The summed E-state index contributed by atoms with van der Waals surface area (Å²) in [5.41, 5.74) is 1.69. The number of aliphatic carboxylic acids is 1. The lowest BCUT2D eigenvalue weighted by atomic mass is 9.89. The van der Waals surface area contributed by atoms with Crippen LogP contribution in [0.25, 0.3) is 0 Å². The minimum Gasteiger partial charge on any atom is -0.481 e. The predicted molar refractivity (Wildman–Crippen MR) is 68.9 cm³/mol. The first-order chi connectivity index (χ1) is 9.00. The van der Waals surface area contributed by atoms with Crippen LogP contribution in [0.3, 0.4) is 0 Å². The third-order valence-electron chi connectivity index (χ3n) is 4.68. The van der Waals surface area contributed by atoms with Crippen molar-refractivity contribution in [1.82, 2.24) is 9.47 Å². The number of hydrogen-bond acceptors (Lipinski definition) is 2. The Balaban J connectivity index is 1.89. The molecular formula is C14H18N2O3. The molecule has 5 heteroatoms. The molecule has 5 nitrogen and oxygen atoms in total. The van der Waals surface area contributed by atoms with Gasteiger partial charge in [0.1, 0.15) is 5.69 Å². The van der Waals surface area contributed by atoms with Gasteiger partial charge in [0.2, 0.25) is 0 Å². The van der Waals surface area contributed by atoms with Crippen LogP contribution >= 0.6 is 0 Å². The molecule has 0 aromatic carbocycles. The van der Waals surface area contributed by atoms with Crippen molar-refractivity contribution in [2.75, 3.05) is 0 Å². The molecule has 102 valence electrons. The maximum Gasteiger partial charge on any atom is 0.308 e. The quantitative estimate of drug-likeness (QED) is 0.876. The van der Waals surface area contributed by atoms with Crippen LogP contribution in [0.15, 0.2) is 12.1 Å². The number of carbonyl (C=O) groups is 2. The highest BCUT2D eigenvalue weighted by Gasteiger charge is 2.51. The van der Waals surface area contributed by atoms with Crippen molar-refractivity contribution in [1.29, 1.82) is 0 Å². The van der Waals surface area contributed by atoms with Gasteiger partial charge in [-0.1, -0.05) is 0 Å². The minimum absolute atomic E-state index is 0.0214. The number of carboxylic acid groups (broad SMARTS) is 1. The van der Waals surface area contributed by atoms with Gasteiger partial charge in [-0.15, -0.1) is 0 Å². The van der Waals surface area contributed by atoms with Crippen molar-refractivity contribution in [2.45, 2.75) is 38.3 Å². The van der Waals surface area contributed by atoms with Gasteiger partial charge in [0.25, 0.3) is 5.91 Å². The summed E-state index contributed by atoms with van der Waals surface area (Å²) in [6.07, 6.45) is 2.36. The van der Waals surface area contributed by atoms with E-state index in [0.29, 0.717) is 12.1 Å². The number of aryl methyl sites for hydroxylation is 1. The normalized spacial score (nSPS) is 28.9. The van der Waals surface area contributed by atoms with E-state index in [9.17, 15) is 14.7 Å². The Labute approximate surface area is 111 Å². The summed E-state index contributed by atoms with van der Waals surface area (Å²) < 4.78 is 1.87. The number of carboxylic acids is 1. The van der Waals surface area contributed by atoms with E-state index in [1.807, 2.05) is 35.6 Å². The van der Waals surface area contributed by atoms with Crippen LogP contribution in [0.2, 0.25) is 0 Å². The van der Waals surface area contributed by atoms with E-state index >= 15 is 0 Å². The van der Waals surface area contributed by atoms with E-state index < -0.39 is 5.97 Å². The molecule has 3 rings (SSSR count). The first-order valence-electron chi connectivity index (χ1n) is 6.68. The molecule has 3 heterocycles. The van der Waals surface area contributed by atoms with E-state index in [0.717, 1.165) is 18.5 Å². The van der Waals surface area contributed by atoms with E-state index in [1.165, 1.54) is 0 Å². The Bertz CT molecular complexity index is 549. The Kier molecular flexibility index (Phi) is 2.66. The van der Waals surface area contributed by atoms with Crippen LogP contribution in [0.4, 0.5) is 0 Å². The molecule has 1 aromatic rings. The Morgan fingerprint density at radius 1 is 1.32 bits per heavy atom. The molecule has 1 amide bonds. The van der Waals surface area contributed by atoms with Gasteiger partial charge in [-0.2, -0.15) is 0 Å². The molecule has 0 saturated carbocycles. The van der Waals surface area contributed by atoms with Crippen molar-refractivity contribution >= 4 is 11.9 Å². The molecule has 2 saturated heterocycles. The van der Waals surface area contributed by atoms with Crippen LogP contribution < -0.4 is 0 Å². The molecule has 3 unspecified atom stereocenters. The number of amides is 1. The number of hydrogen-bond donors (Lipinski definition) is 1. The Morgan fingerprint density at radius 3 is 2.58 bits per heavy atom. The summed E-state index contributed by atoms with van der Waals surface area (Å²) >= 11 is 0. The zero-order chi connectivity index (χ0) is 13.7. The zero-order valence-electron chi connectivity index (χ0n) is 11.2. The average Bonchev–Trinajstić information content (AvgIpc) is 3.03. The number of carbonyl (C=O) groups excluding carboxylic acids is 1. The molecule has 0 aliphatic carbocycles. The zero-order valence-corrected chi connectivity index (χ0v) is 11.2. The lowest BCUT2D eigenvalue weighted by Crippen LogP contribution is -2.38. The van der Waals surface area contributed by atoms with Crippen LogP contribution in [-0.4, -0.2) is 38.5 Å². The molecule has 19 heavy (non-hydrogen) atoms. The van der Waals surface area contributed by atoms with Gasteiger partial charge in [0.15, 0.2) is 0 Å². The summed E-state index contributed by atoms with van der Waals surface area (Å²) in [5, 5.41) is 9.22. The first kappa shape index (κ1) is 12.3. The van der Waals surface area contributed by atoms with Crippen molar-refractivity contribution in [3.63, 3.8) is 0 Å². The maximum atomic E-state index is 12.6. The van der Waals surface area contributed by atoms with E-state index in [2.05, 4.69) is 0 Å². The Morgan fingerprint density at radius 2 is 2.05 bits per heavy atom. The van der Waals surface area contributed by atoms with Crippen LogP contribution in [-0.2, 0) is 11.8 Å². The molecule has 2 aliphatic heterocycles. The predicted octanol–water partition coefficient (Wildman–Crippen LogP) is 1.41. The van der Waals surface area contributed by atoms with Crippen molar-refractivity contribution in [3.8, 4) is 0 Å². The molecular weight excluding hydrogens is 244 g/mol.